The monoisotopic (exact) mass is 666 g/mol. The Kier molecular flexibility index (Phi) is 19.5. The van der Waals surface area contributed by atoms with Gasteiger partial charge in [0.2, 0.25) is 29.5 Å². The summed E-state index contributed by atoms with van der Waals surface area (Å²) in [5.41, 5.74) is 5.75. The van der Waals surface area contributed by atoms with Crippen LogP contribution >= 0.6 is 24.4 Å². The molecule has 0 saturated heterocycles. The second kappa shape index (κ2) is 21.2. The van der Waals surface area contributed by atoms with Gasteiger partial charge in [0.15, 0.2) is 0 Å². The molecular weight excluding hydrogens is 624 g/mol. The smallest absolute Gasteiger partial charge is 0.326 e. The largest absolute Gasteiger partial charge is 0.481 e. The minimum atomic E-state index is -1.55. The number of hydrogen-bond donors (Lipinski definition) is 10. The number of nitrogens with one attached hydrogen (secondary N) is 5. The van der Waals surface area contributed by atoms with Crippen LogP contribution in [0.1, 0.15) is 46.0 Å². The maximum atomic E-state index is 12.9. The van der Waals surface area contributed by atoms with Gasteiger partial charge < -0.3 is 47.6 Å². The van der Waals surface area contributed by atoms with Crippen LogP contribution in [0.3, 0.4) is 0 Å². The van der Waals surface area contributed by atoms with E-state index >= 15 is 0 Å². The molecule has 0 heterocycles. The molecule has 0 saturated carbocycles. The lowest BCUT2D eigenvalue weighted by molar-refractivity contribution is -0.143. The van der Waals surface area contributed by atoms with Gasteiger partial charge in [-0.25, -0.2) is 4.79 Å². The molecule has 250 valence electrons. The van der Waals surface area contributed by atoms with Crippen LogP contribution in [-0.4, -0.2) is 117 Å². The van der Waals surface area contributed by atoms with Crippen LogP contribution < -0.4 is 32.3 Å². The Morgan fingerprint density at radius 1 is 0.750 bits per heavy atom. The fraction of sp³-hybridized carbons (Fsp3) is 0.680. The predicted molar refractivity (Wildman–Crippen MR) is 162 cm³/mol. The minimum absolute atomic E-state index is 0.0730. The summed E-state index contributed by atoms with van der Waals surface area (Å²) < 4.78 is 0. The third kappa shape index (κ3) is 16.9. The Morgan fingerprint density at radius 3 is 1.82 bits per heavy atom. The van der Waals surface area contributed by atoms with E-state index in [1.807, 2.05) is 0 Å². The molecule has 0 aliphatic heterocycles. The molecule has 17 nitrogen and oxygen atoms in total. The lowest BCUT2D eigenvalue weighted by Gasteiger charge is -2.24. The highest BCUT2D eigenvalue weighted by Crippen LogP contribution is 2.07. The summed E-state index contributed by atoms with van der Waals surface area (Å²) in [7, 11) is 0. The molecule has 0 fully saturated rings. The Labute approximate surface area is 264 Å². The fourth-order valence-corrected chi connectivity index (χ4v) is 4.29. The molecule has 0 radical (unpaired) electrons. The van der Waals surface area contributed by atoms with Crippen LogP contribution in [0.2, 0.25) is 0 Å². The van der Waals surface area contributed by atoms with E-state index in [-0.39, 0.29) is 30.9 Å². The molecule has 0 aliphatic rings. The molecule has 44 heavy (non-hydrogen) atoms. The number of hydrogen-bond acceptors (Lipinski definition) is 11. The van der Waals surface area contributed by atoms with Crippen molar-refractivity contribution in [2.75, 3.05) is 24.3 Å². The van der Waals surface area contributed by atoms with Crippen LogP contribution in [0.4, 0.5) is 0 Å². The number of nitrogens with two attached hydrogens (primary N) is 1. The van der Waals surface area contributed by atoms with Crippen LogP contribution in [0.5, 0.6) is 0 Å². The molecule has 19 heteroatoms. The Balaban J connectivity index is 5.38. The maximum Gasteiger partial charge on any atom is 0.326 e. The van der Waals surface area contributed by atoms with Crippen LogP contribution in [-0.2, 0) is 38.4 Å². The van der Waals surface area contributed by atoms with Gasteiger partial charge in [0.25, 0.3) is 0 Å². The molecule has 0 aromatic carbocycles. The summed E-state index contributed by atoms with van der Waals surface area (Å²) in [5, 5.41) is 38.8. The average molecular weight is 667 g/mol. The van der Waals surface area contributed by atoms with Gasteiger partial charge in [0.05, 0.1) is 19.0 Å². The minimum Gasteiger partial charge on any atom is -0.481 e. The first-order chi connectivity index (χ1) is 20.5. The van der Waals surface area contributed by atoms with Crippen molar-refractivity contribution in [2.24, 2.45) is 11.7 Å². The summed E-state index contributed by atoms with van der Waals surface area (Å²) in [5.74, 6) is -8.41. The van der Waals surface area contributed by atoms with Crippen LogP contribution in [0.25, 0.3) is 0 Å². The number of thiol groups is 1. The highest BCUT2D eigenvalue weighted by atomic mass is 32.2. The quantitative estimate of drug-likeness (QED) is 0.0537. The third-order valence-corrected chi connectivity index (χ3v) is 6.85. The normalized spacial score (nSPS) is 14.2. The molecule has 0 unspecified atom stereocenters. The van der Waals surface area contributed by atoms with Gasteiger partial charge in [0, 0.05) is 12.2 Å². The Morgan fingerprint density at radius 2 is 1.32 bits per heavy atom. The number of aliphatic carboxylic acids is 3. The van der Waals surface area contributed by atoms with Crippen molar-refractivity contribution in [2.45, 2.75) is 76.2 Å². The van der Waals surface area contributed by atoms with E-state index in [9.17, 15) is 43.5 Å². The van der Waals surface area contributed by atoms with E-state index in [0.29, 0.717) is 5.75 Å². The maximum absolute atomic E-state index is 12.9. The van der Waals surface area contributed by atoms with Gasteiger partial charge in [-0.2, -0.15) is 24.4 Å². The lowest BCUT2D eigenvalue weighted by Crippen LogP contribution is -2.57. The van der Waals surface area contributed by atoms with E-state index in [1.165, 1.54) is 11.8 Å². The van der Waals surface area contributed by atoms with E-state index in [2.05, 4.69) is 39.2 Å². The van der Waals surface area contributed by atoms with Crippen molar-refractivity contribution in [3.05, 3.63) is 0 Å². The van der Waals surface area contributed by atoms with E-state index in [4.69, 9.17) is 15.9 Å². The molecule has 0 bridgehead atoms. The topological polar surface area (TPSA) is 283 Å². The van der Waals surface area contributed by atoms with Gasteiger partial charge in [-0.15, -0.1) is 0 Å². The fourth-order valence-electron chi connectivity index (χ4n) is 3.54. The highest BCUT2D eigenvalue weighted by molar-refractivity contribution is 7.98. The zero-order valence-electron chi connectivity index (χ0n) is 24.7. The van der Waals surface area contributed by atoms with Crippen molar-refractivity contribution in [1.29, 1.82) is 0 Å². The molecule has 5 atom stereocenters. The van der Waals surface area contributed by atoms with E-state index in [0.717, 1.165) is 0 Å². The summed E-state index contributed by atoms with van der Waals surface area (Å²) in [6, 6.07) is -6.67. The average Bonchev–Trinajstić information content (AvgIpc) is 2.93. The number of amides is 5. The molecule has 5 amide bonds. The van der Waals surface area contributed by atoms with Crippen molar-refractivity contribution >= 4 is 71.8 Å². The summed E-state index contributed by atoms with van der Waals surface area (Å²) >= 11 is 5.45. The first-order valence-electron chi connectivity index (χ1n) is 13.5. The van der Waals surface area contributed by atoms with Crippen molar-refractivity contribution in [1.82, 2.24) is 26.6 Å². The molecule has 0 aromatic heterocycles. The highest BCUT2D eigenvalue weighted by Gasteiger charge is 2.31. The van der Waals surface area contributed by atoms with Gasteiger partial charge in [-0.3, -0.25) is 33.6 Å². The predicted octanol–water partition coefficient (Wildman–Crippen LogP) is -2.48. The molecular formula is C25H42N6O11S2. The molecule has 0 aliphatic carbocycles. The Bertz CT molecular complexity index is 1050. The summed E-state index contributed by atoms with van der Waals surface area (Å²) in [6.07, 6.45) is 0.432. The summed E-state index contributed by atoms with van der Waals surface area (Å²) in [6.45, 7) is 2.74. The Hall–Kier alpha value is -3.58. The van der Waals surface area contributed by atoms with E-state index < -0.39 is 97.0 Å². The van der Waals surface area contributed by atoms with Crippen molar-refractivity contribution in [3.8, 4) is 0 Å². The van der Waals surface area contributed by atoms with Gasteiger partial charge in [-0.1, -0.05) is 13.8 Å². The molecule has 0 aromatic rings. The number of carbonyl (C=O) groups is 8. The zero-order valence-corrected chi connectivity index (χ0v) is 26.4. The SMILES string of the molecule is CSCC[C@H](N)C(=O)N[C@@H](CC(=O)O)C(=O)NCC(=O)N[C@@H](CS)C(=O)N[C@@H](CCC(=O)O)C(=O)N[C@@H](CC(C)C)C(=O)O. The molecule has 10 N–H and O–H groups in total. The first-order valence-corrected chi connectivity index (χ1v) is 15.5. The third-order valence-electron chi connectivity index (χ3n) is 5.84. The van der Waals surface area contributed by atoms with Crippen molar-refractivity contribution in [3.63, 3.8) is 0 Å². The number of rotatable bonds is 22. The van der Waals surface area contributed by atoms with Crippen LogP contribution in [0, 0.1) is 5.92 Å². The zero-order chi connectivity index (χ0) is 34.0. The van der Waals surface area contributed by atoms with E-state index in [1.54, 1.807) is 20.1 Å². The van der Waals surface area contributed by atoms with Gasteiger partial charge in [-0.05, 0) is 37.2 Å². The molecule has 0 spiro atoms. The lowest BCUT2D eigenvalue weighted by atomic mass is 10.0. The van der Waals surface area contributed by atoms with Crippen LogP contribution in [0.15, 0.2) is 0 Å². The van der Waals surface area contributed by atoms with Crippen molar-refractivity contribution < 1.29 is 53.7 Å². The second-order valence-electron chi connectivity index (χ2n) is 10.1. The van der Waals surface area contributed by atoms with Gasteiger partial charge >= 0.3 is 17.9 Å². The van der Waals surface area contributed by atoms with Gasteiger partial charge in [0.1, 0.15) is 24.2 Å². The number of thioether (sulfide) groups is 1. The standard InChI is InChI=1S/C25H42N6O11S2/c1-12(2)8-16(25(41)42)31-23(39)14(4-5-19(33)34)29-24(40)17(11-43)28-18(32)10-27-22(38)15(9-20(35)36)30-21(37)13(26)6-7-44-3/h12-17,43H,4-11,26H2,1-3H3,(H,27,38)(H,28,32)(H,29,40)(H,30,37)(H,31,39)(H,33,34)(H,35,36)(H,41,42)/t13-,14-,15-,16-,17-/m0/s1. The first kappa shape index (κ1) is 40.4. The second-order valence-corrected chi connectivity index (χ2v) is 11.4. The molecule has 0 rings (SSSR count). The number of carboxylic acids is 3. The summed E-state index contributed by atoms with van der Waals surface area (Å²) in [4.78, 5) is 96.8. The number of carbonyl (C=O) groups excluding carboxylic acids is 5. The number of carboxylic acid groups (broad SMARTS) is 3.